The number of nitrogens with one attached hydrogen (secondary N) is 1. The first-order chi connectivity index (χ1) is 12.6. The van der Waals surface area contributed by atoms with Crippen molar-refractivity contribution in [3.63, 3.8) is 0 Å². The molecule has 0 aromatic carbocycles. The molecule has 0 aliphatic carbocycles. The Morgan fingerprint density at radius 2 is 2.19 bits per heavy atom. The molecule has 0 unspecified atom stereocenters. The van der Waals surface area contributed by atoms with E-state index < -0.39 is 0 Å². The summed E-state index contributed by atoms with van der Waals surface area (Å²) in [5, 5.41) is 6.40. The van der Waals surface area contributed by atoms with Crippen LogP contribution in [-0.4, -0.2) is 42.2 Å². The van der Waals surface area contributed by atoms with Crippen molar-refractivity contribution < 1.29 is 18.8 Å². The zero-order chi connectivity index (χ0) is 18.5. The van der Waals surface area contributed by atoms with Gasteiger partial charge in [0, 0.05) is 37.3 Å². The predicted molar refractivity (Wildman–Crippen MR) is 92.6 cm³/mol. The molecular formula is C17H21N5O4. The van der Waals surface area contributed by atoms with Crippen molar-refractivity contribution in [2.75, 3.05) is 25.1 Å². The number of rotatable bonds is 6. The van der Waals surface area contributed by atoms with Crippen LogP contribution >= 0.6 is 0 Å². The van der Waals surface area contributed by atoms with Crippen LogP contribution in [0.4, 0.5) is 5.82 Å². The van der Waals surface area contributed by atoms with Gasteiger partial charge in [-0.1, -0.05) is 6.07 Å². The number of carbonyl (C=O) groups is 2. The molecule has 3 N–H and O–H groups in total. The molecule has 9 nitrogen and oxygen atoms in total. The predicted octanol–water partition coefficient (Wildman–Crippen LogP) is 0.710. The van der Waals surface area contributed by atoms with Gasteiger partial charge in [-0.3, -0.25) is 9.59 Å². The van der Waals surface area contributed by atoms with Gasteiger partial charge in [-0.15, -0.1) is 0 Å². The maximum atomic E-state index is 12.2. The van der Waals surface area contributed by atoms with Crippen LogP contribution < -0.4 is 20.7 Å². The number of ether oxygens (including phenoxy) is 1. The molecule has 0 radical (unpaired) electrons. The van der Waals surface area contributed by atoms with Crippen molar-refractivity contribution in [1.82, 2.24) is 15.5 Å². The number of pyridine rings is 1. The number of methoxy groups -OCH3 is 1. The lowest BCUT2D eigenvalue weighted by molar-refractivity contribution is -0.122. The molecule has 3 rings (SSSR count). The van der Waals surface area contributed by atoms with Crippen LogP contribution in [0.1, 0.15) is 29.0 Å². The summed E-state index contributed by atoms with van der Waals surface area (Å²) in [6, 6.07) is 5.15. The molecule has 1 fully saturated rings. The summed E-state index contributed by atoms with van der Waals surface area (Å²) in [7, 11) is 1.45. The summed E-state index contributed by atoms with van der Waals surface area (Å²) in [6.07, 6.45) is 3.12. The number of aromatic nitrogens is 2. The van der Waals surface area contributed by atoms with Crippen LogP contribution in [0.25, 0.3) is 0 Å². The number of primary amides is 1. The second-order valence-electron chi connectivity index (χ2n) is 6.07. The van der Waals surface area contributed by atoms with E-state index in [0.29, 0.717) is 32.5 Å². The smallest absolute Gasteiger partial charge is 0.290 e. The monoisotopic (exact) mass is 359 g/mol. The molecule has 2 aromatic rings. The third kappa shape index (κ3) is 3.93. The molecular weight excluding hydrogens is 338 g/mol. The quantitative estimate of drug-likeness (QED) is 0.778. The van der Waals surface area contributed by atoms with E-state index in [2.05, 4.69) is 20.4 Å². The molecule has 3 heterocycles. The van der Waals surface area contributed by atoms with Crippen molar-refractivity contribution in [3.8, 4) is 5.88 Å². The highest BCUT2D eigenvalue weighted by Gasteiger charge is 2.25. The number of hydrogen-bond acceptors (Lipinski definition) is 7. The molecule has 2 aromatic heterocycles. The second-order valence-corrected chi connectivity index (χ2v) is 6.07. The van der Waals surface area contributed by atoms with Crippen LogP contribution in [0.2, 0.25) is 0 Å². The Morgan fingerprint density at radius 1 is 1.42 bits per heavy atom. The first-order valence-corrected chi connectivity index (χ1v) is 8.35. The fraction of sp³-hybridized carbons (Fsp3) is 0.412. The standard InChI is InChI=1S/C17H21N5O4/c1-25-14-9-13(26-21-14)17(24)20-10-12-3-2-6-19-16(12)22-7-4-11(5-8-22)15(18)23/h2-3,6,9,11H,4-5,7-8,10H2,1H3,(H2,18,23)(H,20,24). The third-order valence-corrected chi connectivity index (χ3v) is 4.43. The van der Waals surface area contributed by atoms with E-state index in [1.54, 1.807) is 6.20 Å². The molecule has 2 amide bonds. The van der Waals surface area contributed by atoms with Crippen molar-refractivity contribution in [2.45, 2.75) is 19.4 Å². The van der Waals surface area contributed by atoms with E-state index in [4.69, 9.17) is 15.0 Å². The fourth-order valence-electron chi connectivity index (χ4n) is 2.95. The van der Waals surface area contributed by atoms with E-state index in [1.807, 2.05) is 12.1 Å². The summed E-state index contributed by atoms with van der Waals surface area (Å²) < 4.78 is 9.83. The molecule has 0 atom stereocenters. The summed E-state index contributed by atoms with van der Waals surface area (Å²) in [5.74, 6) is 0.401. The van der Waals surface area contributed by atoms with Gasteiger partial charge in [-0.2, -0.15) is 0 Å². The van der Waals surface area contributed by atoms with Crippen LogP contribution in [0.3, 0.4) is 0 Å². The third-order valence-electron chi connectivity index (χ3n) is 4.43. The molecule has 1 aliphatic heterocycles. The minimum absolute atomic E-state index is 0.0783. The van der Waals surface area contributed by atoms with Crippen LogP contribution in [0.5, 0.6) is 5.88 Å². The molecule has 1 saturated heterocycles. The van der Waals surface area contributed by atoms with Gasteiger partial charge in [0.2, 0.25) is 11.7 Å². The average molecular weight is 359 g/mol. The number of hydrogen-bond donors (Lipinski definition) is 2. The fourth-order valence-corrected chi connectivity index (χ4v) is 2.95. The van der Waals surface area contributed by atoms with Gasteiger partial charge in [-0.25, -0.2) is 4.98 Å². The van der Waals surface area contributed by atoms with Gasteiger partial charge in [0.05, 0.1) is 13.2 Å². The molecule has 1 aliphatic rings. The van der Waals surface area contributed by atoms with Crippen LogP contribution in [-0.2, 0) is 11.3 Å². The Labute approximate surface area is 150 Å². The van der Waals surface area contributed by atoms with Gasteiger partial charge >= 0.3 is 0 Å². The summed E-state index contributed by atoms with van der Waals surface area (Å²) in [5.41, 5.74) is 6.27. The van der Waals surface area contributed by atoms with E-state index in [9.17, 15) is 9.59 Å². The normalized spacial score (nSPS) is 14.9. The lowest BCUT2D eigenvalue weighted by Gasteiger charge is -2.32. The summed E-state index contributed by atoms with van der Waals surface area (Å²) >= 11 is 0. The van der Waals surface area contributed by atoms with E-state index in [1.165, 1.54) is 13.2 Å². The SMILES string of the molecule is COc1cc(C(=O)NCc2cccnc2N2CCC(C(N)=O)CC2)on1. The Bertz CT molecular complexity index is 783. The van der Waals surface area contributed by atoms with E-state index in [0.717, 1.165) is 11.4 Å². The zero-order valence-electron chi connectivity index (χ0n) is 14.5. The van der Waals surface area contributed by atoms with Gasteiger partial charge < -0.3 is 25.2 Å². The van der Waals surface area contributed by atoms with Crippen molar-refractivity contribution in [1.29, 1.82) is 0 Å². The number of piperidine rings is 1. The largest absolute Gasteiger partial charge is 0.479 e. The Balaban J connectivity index is 1.64. The molecule has 9 heteroatoms. The van der Waals surface area contributed by atoms with Gasteiger partial charge in [0.1, 0.15) is 5.82 Å². The maximum Gasteiger partial charge on any atom is 0.290 e. The van der Waals surface area contributed by atoms with Crippen molar-refractivity contribution in [3.05, 3.63) is 35.7 Å². The molecule has 0 spiro atoms. The first-order valence-electron chi connectivity index (χ1n) is 8.35. The summed E-state index contributed by atoms with van der Waals surface area (Å²) in [6.45, 7) is 1.69. The molecule has 26 heavy (non-hydrogen) atoms. The first kappa shape index (κ1) is 17.7. The van der Waals surface area contributed by atoms with Crippen LogP contribution in [0.15, 0.2) is 28.9 Å². The summed E-state index contributed by atoms with van der Waals surface area (Å²) in [4.78, 5) is 30.0. The van der Waals surface area contributed by atoms with E-state index >= 15 is 0 Å². The minimum Gasteiger partial charge on any atom is -0.479 e. The second kappa shape index (κ2) is 7.85. The van der Waals surface area contributed by atoms with Crippen LogP contribution in [0, 0.1) is 5.92 Å². The highest BCUT2D eigenvalue weighted by atomic mass is 16.5. The van der Waals surface area contributed by atoms with Gasteiger partial charge in [0.25, 0.3) is 11.8 Å². The molecule has 138 valence electrons. The minimum atomic E-state index is -0.386. The average Bonchev–Trinajstić information content (AvgIpc) is 3.16. The van der Waals surface area contributed by atoms with Crippen molar-refractivity contribution >= 4 is 17.6 Å². The lowest BCUT2D eigenvalue weighted by atomic mass is 9.96. The number of nitrogens with two attached hydrogens (primary N) is 1. The topological polar surface area (TPSA) is 124 Å². The Kier molecular flexibility index (Phi) is 5.35. The molecule has 0 saturated carbocycles. The number of carbonyl (C=O) groups excluding carboxylic acids is 2. The highest BCUT2D eigenvalue weighted by Crippen LogP contribution is 2.24. The highest BCUT2D eigenvalue weighted by molar-refractivity contribution is 5.91. The van der Waals surface area contributed by atoms with Crippen molar-refractivity contribution in [2.24, 2.45) is 11.7 Å². The maximum absolute atomic E-state index is 12.2. The number of nitrogens with zero attached hydrogens (tertiary/aromatic N) is 3. The van der Waals surface area contributed by atoms with Gasteiger partial charge in [0.15, 0.2) is 0 Å². The Hall–Kier alpha value is -3.10. The number of anilines is 1. The van der Waals surface area contributed by atoms with E-state index in [-0.39, 0.29) is 29.4 Å². The lowest BCUT2D eigenvalue weighted by Crippen LogP contribution is -2.39. The Morgan fingerprint density at radius 3 is 2.85 bits per heavy atom. The molecule has 0 bridgehead atoms. The van der Waals surface area contributed by atoms with Gasteiger partial charge in [-0.05, 0) is 24.1 Å². The number of amides is 2. The zero-order valence-corrected chi connectivity index (χ0v) is 14.5.